The highest BCUT2D eigenvalue weighted by Gasteiger charge is 2.37. The van der Waals surface area contributed by atoms with Crippen molar-refractivity contribution in [3.63, 3.8) is 0 Å². The van der Waals surface area contributed by atoms with E-state index in [4.69, 9.17) is 0 Å². The molecule has 1 saturated heterocycles. The first-order valence-corrected chi connectivity index (χ1v) is 7.53. The van der Waals surface area contributed by atoms with Gasteiger partial charge in [0.25, 0.3) is 0 Å². The van der Waals surface area contributed by atoms with Crippen LogP contribution in [-0.2, 0) is 11.3 Å². The molecule has 4 rings (SSSR count). The summed E-state index contributed by atoms with van der Waals surface area (Å²) in [6, 6.07) is 4.17. The zero-order valence-electron chi connectivity index (χ0n) is 13.0. The minimum Gasteiger partial charge on any atom is -0.417 e. The van der Waals surface area contributed by atoms with Gasteiger partial charge in [-0.2, -0.15) is 8.78 Å². The fourth-order valence-corrected chi connectivity index (χ4v) is 3.31. The Morgan fingerprint density at radius 1 is 1.30 bits per heavy atom. The highest BCUT2D eigenvalue weighted by Crippen LogP contribution is 2.40. The van der Waals surface area contributed by atoms with Gasteiger partial charge in [-0.05, 0) is 24.6 Å². The maximum atomic E-state index is 12.5. The maximum Gasteiger partial charge on any atom is 0.388 e. The van der Waals surface area contributed by atoms with Crippen molar-refractivity contribution in [2.75, 3.05) is 30.5 Å². The van der Waals surface area contributed by atoms with Gasteiger partial charge in [0, 0.05) is 18.7 Å². The summed E-state index contributed by atoms with van der Waals surface area (Å²) in [6.45, 7) is 1.29. The van der Waals surface area contributed by atoms with E-state index in [1.165, 1.54) is 16.8 Å². The first kappa shape index (κ1) is 14.2. The van der Waals surface area contributed by atoms with Crippen LogP contribution in [-0.4, -0.2) is 36.9 Å². The summed E-state index contributed by atoms with van der Waals surface area (Å²) in [5, 5.41) is 7.10. The normalized spacial score (nSPS) is 18.4. The molecule has 3 aliphatic heterocycles. The number of halogens is 2. The fourth-order valence-electron chi connectivity index (χ4n) is 3.31. The van der Waals surface area contributed by atoms with E-state index in [-0.39, 0.29) is 5.88 Å². The molecule has 0 atom stereocenters. The van der Waals surface area contributed by atoms with Crippen molar-refractivity contribution in [3.8, 4) is 0 Å². The Labute approximate surface area is 133 Å². The smallest absolute Gasteiger partial charge is 0.388 e. The molecule has 1 aromatic rings. The maximum absolute atomic E-state index is 12.5. The van der Waals surface area contributed by atoms with Gasteiger partial charge in [-0.15, -0.1) is 0 Å². The Bertz CT molecular complexity index is 716. The third-order valence-corrected chi connectivity index (χ3v) is 4.53. The molecular formula is C16H18F2N4O. The van der Waals surface area contributed by atoms with Crippen LogP contribution in [0.25, 0.3) is 0 Å². The van der Waals surface area contributed by atoms with Gasteiger partial charge < -0.3 is 15.0 Å². The van der Waals surface area contributed by atoms with E-state index in [0.29, 0.717) is 13.1 Å². The largest absolute Gasteiger partial charge is 0.417 e. The van der Waals surface area contributed by atoms with Gasteiger partial charge in [0.05, 0.1) is 36.8 Å². The van der Waals surface area contributed by atoms with E-state index in [1.807, 2.05) is 18.1 Å². The van der Waals surface area contributed by atoms with Gasteiger partial charge >= 0.3 is 6.61 Å². The quantitative estimate of drug-likeness (QED) is 0.922. The van der Waals surface area contributed by atoms with E-state index in [9.17, 15) is 8.78 Å². The molecular weight excluding hydrogens is 302 g/mol. The van der Waals surface area contributed by atoms with E-state index < -0.39 is 6.61 Å². The molecule has 0 radical (unpaired) electrons. The number of hydrogen-bond donors (Lipinski definition) is 1. The molecule has 7 heteroatoms. The van der Waals surface area contributed by atoms with Crippen molar-refractivity contribution in [1.29, 1.82) is 0 Å². The van der Waals surface area contributed by atoms with Crippen molar-refractivity contribution >= 4 is 11.4 Å². The number of rotatable bonds is 4. The lowest BCUT2D eigenvalue weighted by atomic mass is 10.0. The van der Waals surface area contributed by atoms with Crippen LogP contribution in [0.2, 0.25) is 0 Å². The van der Waals surface area contributed by atoms with E-state index in [1.54, 1.807) is 11.1 Å². The lowest BCUT2D eigenvalue weighted by molar-refractivity contribution is -0.168. The van der Waals surface area contributed by atoms with Crippen LogP contribution >= 0.6 is 0 Å². The van der Waals surface area contributed by atoms with Crippen molar-refractivity contribution in [1.82, 2.24) is 10.0 Å². The molecule has 1 fully saturated rings. The Hall–Kier alpha value is -2.44. The molecule has 0 aliphatic carbocycles. The van der Waals surface area contributed by atoms with Crippen molar-refractivity contribution < 1.29 is 13.5 Å². The van der Waals surface area contributed by atoms with Gasteiger partial charge in [0.2, 0.25) is 5.88 Å². The highest BCUT2D eigenvalue weighted by atomic mass is 19.3. The van der Waals surface area contributed by atoms with Crippen LogP contribution in [0.5, 0.6) is 0 Å². The highest BCUT2D eigenvalue weighted by molar-refractivity contribution is 5.79. The topological polar surface area (TPSA) is 31.0 Å². The average molecular weight is 320 g/mol. The molecule has 1 aromatic carbocycles. The predicted octanol–water partition coefficient (Wildman–Crippen LogP) is 2.82. The van der Waals surface area contributed by atoms with E-state index >= 15 is 0 Å². The minimum atomic E-state index is -2.81. The zero-order valence-corrected chi connectivity index (χ0v) is 13.0. The van der Waals surface area contributed by atoms with Crippen molar-refractivity contribution in [2.24, 2.45) is 0 Å². The Balaban J connectivity index is 1.61. The Kier molecular flexibility index (Phi) is 3.11. The number of alkyl halides is 2. The van der Waals surface area contributed by atoms with Crippen LogP contribution < -0.4 is 10.2 Å². The Morgan fingerprint density at radius 2 is 2.13 bits per heavy atom. The van der Waals surface area contributed by atoms with Crippen LogP contribution in [0, 0.1) is 6.92 Å². The number of ether oxygens (including phenoxy) is 1. The second-order valence-electron chi connectivity index (χ2n) is 5.95. The first-order chi connectivity index (χ1) is 11.0. The van der Waals surface area contributed by atoms with Crippen LogP contribution in [0.3, 0.4) is 0 Å². The molecule has 0 spiro atoms. The number of anilines is 2. The number of hydrazine groups is 1. The third-order valence-electron chi connectivity index (χ3n) is 4.53. The van der Waals surface area contributed by atoms with E-state index in [2.05, 4.69) is 34.0 Å². The molecule has 3 heterocycles. The van der Waals surface area contributed by atoms with E-state index in [0.717, 1.165) is 18.1 Å². The number of nitrogens with one attached hydrogen (secondary N) is 1. The molecule has 0 unspecified atom stereocenters. The molecule has 1 N–H and O–H groups in total. The lowest BCUT2D eigenvalue weighted by Crippen LogP contribution is -2.55. The fraction of sp³-hybridized carbons (Fsp3) is 0.375. The SMILES string of the molecule is Cc1ccc2c(c1CN1C3=CC=C(OC(F)F)N1C3)N(C)CN2. The van der Waals surface area contributed by atoms with Crippen LogP contribution in [0.1, 0.15) is 11.1 Å². The molecule has 0 aromatic heterocycles. The zero-order chi connectivity index (χ0) is 16.1. The monoisotopic (exact) mass is 320 g/mol. The number of fused-ring (bicyclic) bond motifs is 3. The third kappa shape index (κ3) is 2.18. The second kappa shape index (κ2) is 5.04. The summed E-state index contributed by atoms with van der Waals surface area (Å²) in [7, 11) is 2.05. The van der Waals surface area contributed by atoms with Gasteiger partial charge in [0.1, 0.15) is 0 Å². The average Bonchev–Trinajstić information content (AvgIpc) is 2.87. The number of nitrogens with zero attached hydrogens (tertiary/aromatic N) is 3. The minimum absolute atomic E-state index is 0.201. The Morgan fingerprint density at radius 3 is 2.87 bits per heavy atom. The summed E-state index contributed by atoms with van der Waals surface area (Å²) in [5.41, 5.74) is 5.78. The second-order valence-corrected chi connectivity index (χ2v) is 5.95. The standard InChI is InChI=1S/C16H18F2N4O/c1-10-3-5-13-15(20(2)9-19-13)12(10)8-21-11-4-6-14(22(21)7-11)23-16(17)18/h3-6,16,19H,7-9H2,1-2H3. The summed E-state index contributed by atoms with van der Waals surface area (Å²) in [5.74, 6) is 0.201. The van der Waals surface area contributed by atoms with Crippen molar-refractivity contribution in [2.45, 2.75) is 20.1 Å². The molecule has 2 bridgehead atoms. The number of allylic oxidation sites excluding steroid dienone is 2. The van der Waals surface area contributed by atoms with Crippen LogP contribution in [0.15, 0.2) is 35.9 Å². The predicted molar refractivity (Wildman–Crippen MR) is 83.6 cm³/mol. The molecule has 3 aliphatic rings. The van der Waals surface area contributed by atoms with Gasteiger partial charge in [0.15, 0.2) is 0 Å². The van der Waals surface area contributed by atoms with Gasteiger partial charge in [-0.1, -0.05) is 6.07 Å². The summed E-state index contributed by atoms with van der Waals surface area (Å²) < 4.78 is 29.6. The molecule has 5 nitrogen and oxygen atoms in total. The van der Waals surface area contributed by atoms with Gasteiger partial charge in [-0.3, -0.25) is 5.01 Å². The van der Waals surface area contributed by atoms with Crippen LogP contribution in [0.4, 0.5) is 20.2 Å². The summed E-state index contributed by atoms with van der Waals surface area (Å²) in [4.78, 5) is 2.17. The first-order valence-electron chi connectivity index (χ1n) is 7.53. The molecule has 0 saturated carbocycles. The number of benzene rings is 1. The molecule has 122 valence electrons. The van der Waals surface area contributed by atoms with Crippen molar-refractivity contribution in [3.05, 3.63) is 47.0 Å². The summed E-state index contributed by atoms with van der Waals surface area (Å²) >= 11 is 0. The molecule has 0 amide bonds. The molecule has 23 heavy (non-hydrogen) atoms. The number of hydrogen-bond acceptors (Lipinski definition) is 5. The summed E-state index contributed by atoms with van der Waals surface area (Å²) in [6.07, 6.45) is 3.44. The number of aryl methyl sites for hydroxylation is 1. The van der Waals surface area contributed by atoms with Gasteiger partial charge in [-0.25, -0.2) is 5.01 Å². The lowest BCUT2D eigenvalue weighted by Gasteiger charge is -2.51.